The van der Waals surface area contributed by atoms with E-state index in [1.807, 2.05) is 29.2 Å². The van der Waals surface area contributed by atoms with Gasteiger partial charge in [0.05, 0.1) is 19.0 Å². The second kappa shape index (κ2) is 6.27. The highest BCUT2D eigenvalue weighted by Crippen LogP contribution is 2.21. The van der Waals surface area contributed by atoms with E-state index >= 15 is 0 Å². The van der Waals surface area contributed by atoms with E-state index in [1.165, 1.54) is 5.56 Å². The molecule has 4 heteroatoms. The minimum absolute atomic E-state index is 0.241. The van der Waals surface area contributed by atoms with E-state index in [0.717, 1.165) is 24.4 Å². The summed E-state index contributed by atoms with van der Waals surface area (Å²) in [6.07, 6.45) is 5.01. The third-order valence-electron chi connectivity index (χ3n) is 3.08. The van der Waals surface area contributed by atoms with Gasteiger partial charge in [0.2, 0.25) is 0 Å². The first-order valence-electron chi connectivity index (χ1n) is 6.66. The molecule has 1 aromatic heterocycles. The van der Waals surface area contributed by atoms with Gasteiger partial charge >= 0.3 is 0 Å². The smallest absolute Gasteiger partial charge is 0.118 e. The molecule has 1 atom stereocenters. The summed E-state index contributed by atoms with van der Waals surface area (Å²) >= 11 is 0. The molecule has 0 saturated heterocycles. The molecule has 102 valence electrons. The number of nitrogens with one attached hydrogen (secondary N) is 1. The minimum Gasteiger partial charge on any atom is -0.497 e. The van der Waals surface area contributed by atoms with E-state index in [4.69, 9.17) is 4.74 Å². The van der Waals surface area contributed by atoms with E-state index in [-0.39, 0.29) is 6.04 Å². The summed E-state index contributed by atoms with van der Waals surface area (Å²) in [6.45, 7) is 5.24. The Morgan fingerprint density at radius 2 is 2.05 bits per heavy atom. The van der Waals surface area contributed by atoms with Crippen molar-refractivity contribution >= 4 is 5.69 Å². The largest absolute Gasteiger partial charge is 0.497 e. The normalized spacial score (nSPS) is 12.2. The van der Waals surface area contributed by atoms with Gasteiger partial charge in [-0.1, -0.05) is 19.1 Å². The van der Waals surface area contributed by atoms with Crippen molar-refractivity contribution < 1.29 is 4.74 Å². The Morgan fingerprint density at radius 1 is 1.32 bits per heavy atom. The van der Waals surface area contributed by atoms with Gasteiger partial charge in [-0.3, -0.25) is 4.68 Å². The number of anilines is 1. The Kier molecular flexibility index (Phi) is 4.44. The molecule has 1 heterocycles. The summed E-state index contributed by atoms with van der Waals surface area (Å²) in [5, 5.41) is 7.76. The van der Waals surface area contributed by atoms with Gasteiger partial charge < -0.3 is 10.1 Å². The monoisotopic (exact) mass is 259 g/mol. The van der Waals surface area contributed by atoms with Crippen molar-refractivity contribution in [3.8, 4) is 5.75 Å². The molecular formula is C15H21N3O. The van der Waals surface area contributed by atoms with Crippen molar-refractivity contribution in [1.82, 2.24) is 9.78 Å². The molecule has 2 rings (SSSR count). The molecule has 0 bridgehead atoms. The van der Waals surface area contributed by atoms with Crippen LogP contribution in [0.5, 0.6) is 5.75 Å². The summed E-state index contributed by atoms with van der Waals surface area (Å²) in [7, 11) is 1.68. The number of nitrogens with zero attached hydrogens (tertiary/aromatic N) is 2. The molecule has 0 fully saturated rings. The molecule has 0 aliphatic carbocycles. The summed E-state index contributed by atoms with van der Waals surface area (Å²) in [5.41, 5.74) is 2.28. The lowest BCUT2D eigenvalue weighted by Gasteiger charge is -2.14. The first kappa shape index (κ1) is 13.5. The highest BCUT2D eigenvalue weighted by Gasteiger charge is 2.06. The Hall–Kier alpha value is -1.97. The Labute approximate surface area is 114 Å². The SMILES string of the molecule is CCCn1cc(N[C@H](C)c2ccc(OC)cc2)cn1. The van der Waals surface area contributed by atoms with Crippen molar-refractivity contribution in [3.63, 3.8) is 0 Å². The van der Waals surface area contributed by atoms with Crippen LogP contribution in [-0.2, 0) is 6.54 Å². The molecule has 2 aromatic rings. The molecule has 4 nitrogen and oxygen atoms in total. The highest BCUT2D eigenvalue weighted by atomic mass is 16.5. The second-order valence-electron chi connectivity index (χ2n) is 4.63. The molecule has 1 N–H and O–H groups in total. The summed E-state index contributed by atoms with van der Waals surface area (Å²) in [6, 6.07) is 8.35. The van der Waals surface area contributed by atoms with Crippen LogP contribution in [0.1, 0.15) is 31.9 Å². The summed E-state index contributed by atoms with van der Waals surface area (Å²) in [4.78, 5) is 0. The predicted molar refractivity (Wildman–Crippen MR) is 77.5 cm³/mol. The fourth-order valence-electron chi connectivity index (χ4n) is 2.02. The Morgan fingerprint density at radius 3 is 2.68 bits per heavy atom. The fourth-order valence-corrected chi connectivity index (χ4v) is 2.02. The lowest BCUT2D eigenvalue weighted by atomic mass is 10.1. The zero-order chi connectivity index (χ0) is 13.7. The minimum atomic E-state index is 0.241. The molecule has 1 aromatic carbocycles. The standard InChI is InChI=1S/C15H21N3O/c1-4-9-18-11-14(10-16-18)17-12(2)13-5-7-15(19-3)8-6-13/h5-8,10-12,17H,4,9H2,1-3H3/t12-/m1/s1. The van der Waals surface area contributed by atoms with Crippen LogP contribution in [0.25, 0.3) is 0 Å². The third kappa shape index (κ3) is 3.50. The maximum atomic E-state index is 5.16. The first-order chi connectivity index (χ1) is 9.22. The quantitative estimate of drug-likeness (QED) is 0.863. The first-order valence-corrected chi connectivity index (χ1v) is 6.66. The van der Waals surface area contributed by atoms with Gasteiger partial charge in [0.15, 0.2) is 0 Å². The van der Waals surface area contributed by atoms with Crippen molar-refractivity contribution in [3.05, 3.63) is 42.2 Å². The number of benzene rings is 1. The van der Waals surface area contributed by atoms with Crippen molar-refractivity contribution in [2.45, 2.75) is 32.9 Å². The Balaban J connectivity index is 2.00. The zero-order valence-corrected chi connectivity index (χ0v) is 11.8. The van der Waals surface area contributed by atoms with Gasteiger partial charge in [-0.25, -0.2) is 0 Å². The molecule has 0 aliphatic rings. The summed E-state index contributed by atoms with van der Waals surface area (Å²) < 4.78 is 7.13. The van der Waals surface area contributed by atoms with Crippen LogP contribution in [0.2, 0.25) is 0 Å². The van der Waals surface area contributed by atoms with Gasteiger partial charge in [0.1, 0.15) is 5.75 Å². The van der Waals surface area contributed by atoms with Gasteiger partial charge in [0, 0.05) is 18.8 Å². The maximum absolute atomic E-state index is 5.16. The van der Waals surface area contributed by atoms with E-state index < -0.39 is 0 Å². The van der Waals surface area contributed by atoms with E-state index in [9.17, 15) is 0 Å². The maximum Gasteiger partial charge on any atom is 0.118 e. The van der Waals surface area contributed by atoms with Gasteiger partial charge in [0.25, 0.3) is 0 Å². The number of aromatic nitrogens is 2. The number of hydrogen-bond donors (Lipinski definition) is 1. The van der Waals surface area contributed by atoms with Crippen LogP contribution >= 0.6 is 0 Å². The van der Waals surface area contributed by atoms with Crippen LogP contribution in [0.15, 0.2) is 36.7 Å². The number of rotatable bonds is 6. The van der Waals surface area contributed by atoms with Crippen molar-refractivity contribution in [2.24, 2.45) is 0 Å². The van der Waals surface area contributed by atoms with Crippen LogP contribution in [-0.4, -0.2) is 16.9 Å². The average Bonchev–Trinajstić information content (AvgIpc) is 2.86. The topological polar surface area (TPSA) is 39.1 Å². The molecule has 0 aliphatic heterocycles. The third-order valence-corrected chi connectivity index (χ3v) is 3.08. The molecule has 0 spiro atoms. The van der Waals surface area contributed by atoms with Crippen LogP contribution in [0.4, 0.5) is 5.69 Å². The lowest BCUT2D eigenvalue weighted by Crippen LogP contribution is -2.06. The van der Waals surface area contributed by atoms with E-state index in [0.29, 0.717) is 0 Å². The van der Waals surface area contributed by atoms with Crippen LogP contribution in [0, 0.1) is 0 Å². The molecule has 0 unspecified atom stereocenters. The van der Waals surface area contributed by atoms with Gasteiger partial charge in [-0.15, -0.1) is 0 Å². The van der Waals surface area contributed by atoms with Gasteiger partial charge in [-0.2, -0.15) is 5.10 Å². The molecule has 0 radical (unpaired) electrons. The second-order valence-corrected chi connectivity index (χ2v) is 4.63. The summed E-state index contributed by atoms with van der Waals surface area (Å²) in [5.74, 6) is 0.881. The molecule has 0 saturated carbocycles. The molecular weight excluding hydrogens is 238 g/mol. The van der Waals surface area contributed by atoms with Crippen molar-refractivity contribution in [2.75, 3.05) is 12.4 Å². The van der Waals surface area contributed by atoms with Gasteiger partial charge in [-0.05, 0) is 31.0 Å². The van der Waals surface area contributed by atoms with Crippen LogP contribution in [0.3, 0.4) is 0 Å². The fraction of sp³-hybridized carbons (Fsp3) is 0.400. The lowest BCUT2D eigenvalue weighted by molar-refractivity contribution is 0.414. The number of methoxy groups -OCH3 is 1. The van der Waals surface area contributed by atoms with Crippen LogP contribution < -0.4 is 10.1 Å². The molecule has 0 amide bonds. The average molecular weight is 259 g/mol. The number of ether oxygens (including phenoxy) is 1. The number of hydrogen-bond acceptors (Lipinski definition) is 3. The number of aryl methyl sites for hydroxylation is 1. The van der Waals surface area contributed by atoms with Crippen molar-refractivity contribution in [1.29, 1.82) is 0 Å². The van der Waals surface area contributed by atoms with E-state index in [2.05, 4.69) is 36.4 Å². The van der Waals surface area contributed by atoms with E-state index in [1.54, 1.807) is 7.11 Å². The molecule has 19 heavy (non-hydrogen) atoms. The zero-order valence-electron chi connectivity index (χ0n) is 11.8. The Bertz CT molecular complexity index is 504. The predicted octanol–water partition coefficient (Wildman–Crippen LogP) is 3.47. The highest BCUT2D eigenvalue weighted by molar-refractivity contribution is 5.42.